The lowest BCUT2D eigenvalue weighted by molar-refractivity contribution is -0.148. The largest absolute Gasteiger partial charge is 0.441 e. The number of benzene rings is 1. The second-order valence-electron chi connectivity index (χ2n) is 5.14. The average molecular weight is 282 g/mol. The minimum atomic E-state index is -0.725. The van der Waals surface area contributed by atoms with Crippen molar-refractivity contribution in [1.29, 1.82) is 0 Å². The van der Waals surface area contributed by atoms with E-state index in [-0.39, 0.29) is 0 Å². The Kier molecular flexibility index (Phi) is 3.37. The van der Waals surface area contributed by atoms with Crippen LogP contribution in [0.4, 0.5) is 0 Å². The van der Waals surface area contributed by atoms with Crippen molar-refractivity contribution in [3.63, 3.8) is 0 Å². The minimum Gasteiger partial charge on any atom is -0.441 e. The molecule has 3 rings (SSSR count). The van der Waals surface area contributed by atoms with Crippen molar-refractivity contribution in [2.45, 2.75) is 26.0 Å². The number of esters is 1. The van der Waals surface area contributed by atoms with Crippen molar-refractivity contribution in [3.8, 4) is 11.1 Å². The molecule has 1 unspecified atom stereocenters. The van der Waals surface area contributed by atoms with E-state index in [0.717, 1.165) is 35.9 Å². The van der Waals surface area contributed by atoms with Gasteiger partial charge in [-0.2, -0.15) is 0 Å². The summed E-state index contributed by atoms with van der Waals surface area (Å²) in [7, 11) is 0. The Labute approximate surface area is 123 Å². The summed E-state index contributed by atoms with van der Waals surface area (Å²) < 4.78 is 6.87. The maximum atomic E-state index is 11.4. The number of nitrogens with zero attached hydrogens (tertiary/aromatic N) is 1. The fourth-order valence-electron chi connectivity index (χ4n) is 3.00. The summed E-state index contributed by atoms with van der Waals surface area (Å²) in [5, 5.41) is 0. The zero-order chi connectivity index (χ0) is 15.0. The van der Waals surface area contributed by atoms with Crippen molar-refractivity contribution in [3.05, 3.63) is 54.2 Å². The molecule has 0 spiro atoms. The van der Waals surface area contributed by atoms with Gasteiger partial charge < -0.3 is 9.30 Å². The molecule has 21 heavy (non-hydrogen) atoms. The first-order chi connectivity index (χ1) is 10.1. The van der Waals surface area contributed by atoms with E-state index in [1.54, 1.807) is 4.57 Å². The van der Waals surface area contributed by atoms with Crippen LogP contribution in [0.25, 0.3) is 11.1 Å². The number of fused-ring (bicyclic) bond motifs is 3. The van der Waals surface area contributed by atoms with Gasteiger partial charge in [-0.3, -0.25) is 9.59 Å². The lowest BCUT2D eigenvalue weighted by atomic mass is 9.90. The minimum absolute atomic E-state index is 0.412. The zero-order valence-corrected chi connectivity index (χ0v) is 11.8. The van der Waals surface area contributed by atoms with Crippen LogP contribution in [0.1, 0.15) is 34.9 Å². The molecule has 0 saturated heterocycles. The number of carbonyl (C=O) groups excluding carboxylic acids is 2. The van der Waals surface area contributed by atoms with Gasteiger partial charge in [-0.05, 0) is 30.0 Å². The van der Waals surface area contributed by atoms with Crippen LogP contribution in [-0.2, 0) is 22.4 Å². The molecule has 1 atom stereocenters. The zero-order valence-electron chi connectivity index (χ0n) is 11.8. The number of aromatic nitrogens is 1. The molecule has 1 aliphatic rings. The number of hydrogen-bond donors (Lipinski definition) is 0. The first kappa shape index (κ1) is 13.6. The molecule has 1 radical (unpaired) electrons. The van der Waals surface area contributed by atoms with Gasteiger partial charge in [0.25, 0.3) is 0 Å². The lowest BCUT2D eigenvalue weighted by Crippen LogP contribution is -2.19. The molecular weight excluding hydrogens is 266 g/mol. The van der Waals surface area contributed by atoms with E-state index in [4.69, 9.17) is 4.74 Å². The maximum Gasteiger partial charge on any atom is 0.304 e. The van der Waals surface area contributed by atoms with Gasteiger partial charge in [0.05, 0.1) is 5.69 Å². The van der Waals surface area contributed by atoms with E-state index in [1.807, 2.05) is 18.2 Å². The Hall–Kier alpha value is -2.36. The predicted molar refractivity (Wildman–Crippen MR) is 78.8 cm³/mol. The summed E-state index contributed by atoms with van der Waals surface area (Å²) in [6.07, 6.45) is 1.76. The highest BCUT2D eigenvalue weighted by molar-refractivity contribution is 5.82. The molecule has 4 nitrogen and oxygen atoms in total. The number of ether oxygens (including phenoxy) is 1. The second kappa shape index (κ2) is 5.20. The Morgan fingerprint density at radius 2 is 2.10 bits per heavy atom. The molecular formula is C17H16NO3. The van der Waals surface area contributed by atoms with Gasteiger partial charge in [-0.1, -0.05) is 24.3 Å². The van der Waals surface area contributed by atoms with Crippen LogP contribution in [0.15, 0.2) is 30.3 Å². The Morgan fingerprint density at radius 3 is 2.81 bits per heavy atom. The van der Waals surface area contributed by atoms with Crippen LogP contribution in [0.5, 0.6) is 0 Å². The van der Waals surface area contributed by atoms with Gasteiger partial charge in [-0.15, -0.1) is 0 Å². The monoisotopic (exact) mass is 282 g/mol. The van der Waals surface area contributed by atoms with Gasteiger partial charge in [-0.25, -0.2) is 0 Å². The number of hydrogen-bond acceptors (Lipinski definition) is 3. The van der Waals surface area contributed by atoms with Gasteiger partial charge in [0.15, 0.2) is 12.5 Å². The molecule has 0 aliphatic heterocycles. The van der Waals surface area contributed by atoms with Gasteiger partial charge in [0.2, 0.25) is 0 Å². The van der Waals surface area contributed by atoms with E-state index in [2.05, 4.69) is 19.1 Å². The topological polar surface area (TPSA) is 48.3 Å². The SMILES string of the molecule is [CH2]C(OC(C)=O)n1c(C=O)cc2c1CCc1ccccc1-2. The van der Waals surface area contributed by atoms with Gasteiger partial charge in [0.1, 0.15) is 0 Å². The first-order valence-corrected chi connectivity index (χ1v) is 6.89. The summed E-state index contributed by atoms with van der Waals surface area (Å²) in [6.45, 7) is 5.19. The predicted octanol–water partition coefficient (Wildman–Crippen LogP) is 2.96. The van der Waals surface area contributed by atoms with Gasteiger partial charge in [0, 0.05) is 25.1 Å². The molecule has 1 heterocycles. The normalized spacial score (nSPS) is 14.0. The third-order valence-electron chi connectivity index (χ3n) is 3.82. The number of aryl methyl sites for hydroxylation is 1. The molecule has 107 valence electrons. The highest BCUT2D eigenvalue weighted by Crippen LogP contribution is 2.36. The van der Waals surface area contributed by atoms with Crippen LogP contribution >= 0.6 is 0 Å². The van der Waals surface area contributed by atoms with Crippen LogP contribution in [0, 0.1) is 6.92 Å². The van der Waals surface area contributed by atoms with Crippen molar-refractivity contribution in [2.75, 3.05) is 0 Å². The quantitative estimate of drug-likeness (QED) is 0.642. The summed E-state index contributed by atoms with van der Waals surface area (Å²) in [5.74, 6) is -0.412. The van der Waals surface area contributed by atoms with Crippen LogP contribution in [0.2, 0.25) is 0 Å². The number of rotatable bonds is 3. The van der Waals surface area contributed by atoms with E-state index in [1.165, 1.54) is 12.5 Å². The standard InChI is InChI=1S/C17H16NO3/c1-11(21-12(2)20)18-14(10-19)9-16-15-6-4-3-5-13(15)7-8-17(16)18/h3-6,9-11H,1,7-8H2,2H3. The number of carbonyl (C=O) groups is 2. The maximum absolute atomic E-state index is 11.4. The lowest BCUT2D eigenvalue weighted by Gasteiger charge is -2.22. The first-order valence-electron chi connectivity index (χ1n) is 6.89. The van der Waals surface area contributed by atoms with Crippen molar-refractivity contribution in [2.24, 2.45) is 0 Å². The molecule has 0 bridgehead atoms. The van der Waals surface area contributed by atoms with Gasteiger partial charge >= 0.3 is 5.97 Å². The molecule has 0 N–H and O–H groups in total. The van der Waals surface area contributed by atoms with E-state index in [0.29, 0.717) is 5.69 Å². The van der Waals surface area contributed by atoms with Crippen molar-refractivity contribution < 1.29 is 14.3 Å². The van der Waals surface area contributed by atoms with Crippen LogP contribution < -0.4 is 0 Å². The molecule has 0 saturated carbocycles. The molecule has 2 aromatic rings. The Bertz CT molecular complexity index is 715. The van der Waals surface area contributed by atoms with Crippen molar-refractivity contribution in [1.82, 2.24) is 4.57 Å². The van der Waals surface area contributed by atoms with E-state index >= 15 is 0 Å². The molecule has 0 fully saturated rings. The Balaban J connectivity index is 2.14. The van der Waals surface area contributed by atoms with Crippen LogP contribution in [0.3, 0.4) is 0 Å². The summed E-state index contributed by atoms with van der Waals surface area (Å²) in [5.41, 5.74) is 4.91. The highest BCUT2D eigenvalue weighted by atomic mass is 16.6. The molecule has 1 aliphatic carbocycles. The smallest absolute Gasteiger partial charge is 0.304 e. The fraction of sp³-hybridized carbons (Fsp3) is 0.235. The number of aldehydes is 1. The fourth-order valence-corrected chi connectivity index (χ4v) is 3.00. The second-order valence-corrected chi connectivity index (χ2v) is 5.14. The highest BCUT2D eigenvalue weighted by Gasteiger charge is 2.25. The van der Waals surface area contributed by atoms with E-state index in [9.17, 15) is 9.59 Å². The molecule has 4 heteroatoms. The summed E-state index contributed by atoms with van der Waals surface area (Å²) in [4.78, 5) is 22.5. The average Bonchev–Trinajstić information content (AvgIpc) is 2.85. The van der Waals surface area contributed by atoms with Crippen LogP contribution in [-0.4, -0.2) is 16.8 Å². The Morgan fingerprint density at radius 1 is 1.33 bits per heavy atom. The third-order valence-corrected chi connectivity index (χ3v) is 3.82. The third kappa shape index (κ3) is 2.27. The summed E-state index contributed by atoms with van der Waals surface area (Å²) in [6, 6.07) is 10.0. The summed E-state index contributed by atoms with van der Waals surface area (Å²) >= 11 is 0. The van der Waals surface area contributed by atoms with Crippen molar-refractivity contribution >= 4 is 12.3 Å². The molecule has 0 amide bonds. The van der Waals surface area contributed by atoms with E-state index < -0.39 is 12.2 Å². The molecule has 1 aromatic carbocycles. The molecule has 1 aromatic heterocycles.